The van der Waals surface area contributed by atoms with Crippen LogP contribution < -0.4 is 10.0 Å². The summed E-state index contributed by atoms with van der Waals surface area (Å²) in [5.74, 6) is -1.76. The number of carboxylic acid groups (broad SMARTS) is 1. The number of carbonyl (C=O) groups excluding carboxylic acids is 1. The van der Waals surface area contributed by atoms with Crippen LogP contribution in [0.3, 0.4) is 0 Å². The highest BCUT2D eigenvalue weighted by Crippen LogP contribution is 2.24. The van der Waals surface area contributed by atoms with Crippen molar-refractivity contribution in [2.45, 2.75) is 50.2 Å². The third-order valence-electron chi connectivity index (χ3n) is 5.16. The fourth-order valence-electron chi connectivity index (χ4n) is 3.25. The first kappa shape index (κ1) is 28.4. The normalized spacial score (nSPS) is 11.6. The van der Waals surface area contributed by atoms with Crippen LogP contribution in [0.25, 0.3) is 0 Å². The van der Waals surface area contributed by atoms with Crippen LogP contribution in [0, 0.1) is 0 Å². The van der Waals surface area contributed by atoms with Gasteiger partial charge >= 0.3 is 5.97 Å². The molecule has 0 saturated carbocycles. The molecule has 34 heavy (non-hydrogen) atoms. The van der Waals surface area contributed by atoms with Crippen LogP contribution in [0.15, 0.2) is 38.3 Å². The highest BCUT2D eigenvalue weighted by atomic mass is 79.9. The Hall–Kier alpha value is -1.79. The van der Waals surface area contributed by atoms with E-state index in [4.69, 9.17) is 0 Å². The van der Waals surface area contributed by atoms with Crippen molar-refractivity contribution in [2.75, 3.05) is 31.5 Å². The maximum Gasteiger partial charge on any atom is 0.337 e. The van der Waals surface area contributed by atoms with Crippen LogP contribution in [0.2, 0.25) is 0 Å². The lowest BCUT2D eigenvalue weighted by molar-refractivity contribution is 0.0698. The van der Waals surface area contributed by atoms with Gasteiger partial charge in [0.15, 0.2) is 0 Å². The minimum absolute atomic E-state index is 0.0423. The number of carbonyl (C=O) groups is 2. The molecule has 2 rings (SSSR count). The van der Waals surface area contributed by atoms with E-state index in [2.05, 4.69) is 44.7 Å². The molecule has 3 N–H and O–H groups in total. The number of aromatic carboxylic acids is 1. The minimum atomic E-state index is -3.74. The number of amides is 1. The lowest BCUT2D eigenvalue weighted by Crippen LogP contribution is -2.31. The molecule has 8 nitrogen and oxygen atoms in total. The van der Waals surface area contributed by atoms with E-state index in [0.717, 1.165) is 56.7 Å². The Morgan fingerprint density at radius 3 is 2.32 bits per heavy atom. The summed E-state index contributed by atoms with van der Waals surface area (Å²) < 4.78 is 28.6. The zero-order valence-electron chi connectivity index (χ0n) is 19.5. The predicted octanol–water partition coefficient (Wildman–Crippen LogP) is 5.03. The van der Waals surface area contributed by atoms with Crippen molar-refractivity contribution in [1.29, 1.82) is 0 Å². The summed E-state index contributed by atoms with van der Waals surface area (Å²) in [6.07, 6.45) is 5.21. The highest BCUT2D eigenvalue weighted by Gasteiger charge is 2.20. The Morgan fingerprint density at radius 2 is 1.71 bits per heavy atom. The van der Waals surface area contributed by atoms with Crippen LogP contribution in [0.4, 0.5) is 5.69 Å². The van der Waals surface area contributed by atoms with Gasteiger partial charge < -0.3 is 15.3 Å². The average Bonchev–Trinajstić information content (AvgIpc) is 3.30. The van der Waals surface area contributed by atoms with E-state index in [-0.39, 0.29) is 21.0 Å². The van der Waals surface area contributed by atoms with Gasteiger partial charge in [-0.25, -0.2) is 17.9 Å². The van der Waals surface area contributed by atoms with Crippen molar-refractivity contribution in [3.8, 4) is 0 Å². The van der Waals surface area contributed by atoms with E-state index in [0.29, 0.717) is 17.4 Å². The maximum absolute atomic E-state index is 12.7. The van der Waals surface area contributed by atoms with E-state index in [1.807, 2.05) is 0 Å². The summed E-state index contributed by atoms with van der Waals surface area (Å²) in [5.41, 5.74) is 0.208. The fourth-order valence-corrected chi connectivity index (χ4v) is 5.89. The van der Waals surface area contributed by atoms with Gasteiger partial charge in [0, 0.05) is 16.4 Å². The predicted molar refractivity (Wildman–Crippen MR) is 139 cm³/mol. The van der Waals surface area contributed by atoms with Crippen LogP contribution in [0.1, 0.15) is 66.7 Å². The molecule has 0 radical (unpaired) electrons. The van der Waals surface area contributed by atoms with E-state index >= 15 is 0 Å². The molecule has 0 spiro atoms. The molecule has 0 bridgehead atoms. The van der Waals surface area contributed by atoms with Crippen molar-refractivity contribution in [3.63, 3.8) is 0 Å². The number of carboxylic acids is 1. The number of nitrogens with one attached hydrogen (secondary N) is 2. The molecule has 0 fully saturated rings. The summed E-state index contributed by atoms with van der Waals surface area (Å²) in [7, 11) is -3.74. The van der Waals surface area contributed by atoms with Gasteiger partial charge in [0.05, 0.1) is 16.8 Å². The molecule has 1 amide bonds. The van der Waals surface area contributed by atoms with Gasteiger partial charge in [0.1, 0.15) is 4.21 Å². The van der Waals surface area contributed by atoms with Gasteiger partial charge in [-0.3, -0.25) is 4.79 Å². The minimum Gasteiger partial charge on any atom is -0.478 e. The van der Waals surface area contributed by atoms with E-state index in [1.54, 1.807) is 6.07 Å². The molecule has 0 atom stereocenters. The van der Waals surface area contributed by atoms with Crippen LogP contribution in [-0.4, -0.2) is 56.5 Å². The van der Waals surface area contributed by atoms with Crippen LogP contribution in [-0.2, 0) is 10.0 Å². The molecule has 11 heteroatoms. The van der Waals surface area contributed by atoms with Crippen molar-refractivity contribution in [1.82, 2.24) is 9.62 Å². The standard InChI is InChI=1S/C23H32BrN3O5S2/c1-3-5-11-27(12-6-4-2)13-7-10-25-34(31,32)21-14-17(16-33-21)22(28)26-20-9-8-18(24)15-19(20)23(29)30/h8-9,14-16,25H,3-7,10-13H2,1-2H3,(H,26,28)(H,29,30). The Morgan fingerprint density at radius 1 is 1.06 bits per heavy atom. The Kier molecular flexibility index (Phi) is 11.7. The van der Waals surface area contributed by atoms with Crippen LogP contribution in [0.5, 0.6) is 0 Å². The average molecular weight is 575 g/mol. The largest absolute Gasteiger partial charge is 0.478 e. The molecule has 1 aromatic carbocycles. The third-order valence-corrected chi connectivity index (χ3v) is 8.56. The summed E-state index contributed by atoms with van der Waals surface area (Å²) in [5, 5.41) is 13.3. The van der Waals surface area contributed by atoms with E-state index < -0.39 is 21.9 Å². The Balaban J connectivity index is 1.95. The first-order valence-corrected chi connectivity index (χ1v) is 14.5. The van der Waals surface area contributed by atoms with Crippen molar-refractivity contribution in [3.05, 3.63) is 45.2 Å². The molecule has 1 heterocycles. The fraction of sp³-hybridized carbons (Fsp3) is 0.478. The van der Waals surface area contributed by atoms with Gasteiger partial charge in [-0.2, -0.15) is 0 Å². The van der Waals surface area contributed by atoms with Gasteiger partial charge in [0.25, 0.3) is 5.91 Å². The lowest BCUT2D eigenvalue weighted by Gasteiger charge is -2.21. The molecule has 0 aliphatic carbocycles. The number of rotatable bonds is 15. The molecular weight excluding hydrogens is 542 g/mol. The Bertz CT molecular complexity index is 1060. The molecule has 0 unspecified atom stereocenters. The number of sulfonamides is 1. The molecule has 1 aromatic heterocycles. The second kappa shape index (κ2) is 13.9. The molecule has 0 aliphatic rings. The van der Waals surface area contributed by atoms with Gasteiger partial charge in [-0.1, -0.05) is 42.6 Å². The summed E-state index contributed by atoms with van der Waals surface area (Å²) in [6.45, 7) is 7.51. The topological polar surface area (TPSA) is 116 Å². The second-order valence-corrected chi connectivity index (χ2v) is 11.7. The first-order valence-electron chi connectivity index (χ1n) is 11.3. The van der Waals surface area contributed by atoms with Crippen molar-refractivity contribution >= 4 is 54.9 Å². The molecular formula is C23H32BrN3O5S2. The van der Waals surface area contributed by atoms with E-state index in [9.17, 15) is 23.1 Å². The maximum atomic E-state index is 12.7. The number of hydrogen-bond acceptors (Lipinski definition) is 6. The van der Waals surface area contributed by atoms with Crippen molar-refractivity contribution in [2.24, 2.45) is 0 Å². The number of nitrogens with zero attached hydrogens (tertiary/aromatic N) is 1. The van der Waals surface area contributed by atoms with Crippen LogP contribution >= 0.6 is 27.3 Å². The molecule has 0 saturated heterocycles. The number of anilines is 1. The lowest BCUT2D eigenvalue weighted by atomic mass is 10.1. The SMILES string of the molecule is CCCCN(CCCC)CCCNS(=O)(=O)c1cc(C(=O)Nc2ccc(Br)cc2C(=O)O)cs1. The van der Waals surface area contributed by atoms with Gasteiger partial charge in [-0.15, -0.1) is 11.3 Å². The quantitative estimate of drug-likeness (QED) is 0.257. The zero-order chi connectivity index (χ0) is 25.1. The summed E-state index contributed by atoms with van der Waals surface area (Å²) >= 11 is 4.16. The molecule has 188 valence electrons. The van der Waals surface area contributed by atoms with Gasteiger partial charge in [-0.05, 0) is 63.2 Å². The molecule has 2 aromatic rings. The zero-order valence-corrected chi connectivity index (χ0v) is 22.7. The second-order valence-electron chi connectivity index (χ2n) is 7.90. The van der Waals surface area contributed by atoms with Crippen molar-refractivity contribution < 1.29 is 23.1 Å². The van der Waals surface area contributed by atoms with Gasteiger partial charge in [0.2, 0.25) is 10.0 Å². The highest BCUT2D eigenvalue weighted by molar-refractivity contribution is 9.10. The smallest absolute Gasteiger partial charge is 0.337 e. The number of thiophene rings is 1. The number of hydrogen-bond donors (Lipinski definition) is 3. The number of halogens is 1. The van der Waals surface area contributed by atoms with E-state index in [1.165, 1.54) is 23.6 Å². The Labute approximate surface area is 213 Å². The first-order chi connectivity index (χ1) is 16.2. The monoisotopic (exact) mass is 573 g/mol. The molecule has 0 aliphatic heterocycles. The number of benzene rings is 1. The summed E-state index contributed by atoms with van der Waals surface area (Å²) in [6, 6.07) is 5.77. The third kappa shape index (κ3) is 8.77. The summed E-state index contributed by atoms with van der Waals surface area (Å²) in [4.78, 5) is 26.4. The number of unbranched alkanes of at least 4 members (excludes halogenated alkanes) is 2.